The Bertz CT molecular complexity index is 871. The molecule has 1 atom stereocenters. The Labute approximate surface area is 162 Å². The van der Waals surface area contributed by atoms with Crippen molar-refractivity contribution in [2.45, 2.75) is 32.1 Å². The molecule has 1 aromatic rings. The molecule has 1 fully saturated rings. The van der Waals surface area contributed by atoms with Crippen molar-refractivity contribution in [2.24, 2.45) is 0 Å². The SMILES string of the molecule is C[C@@H](CS(=O)(=O)CCCCCN1CC(=O)NC1=O)c1ccc(F)c(C(=O)O)c1. The lowest BCUT2D eigenvalue weighted by molar-refractivity contribution is -0.118. The molecule has 0 unspecified atom stereocenters. The molecule has 1 saturated heterocycles. The first-order valence-corrected chi connectivity index (χ1v) is 10.7. The predicted molar refractivity (Wildman–Crippen MR) is 99.4 cm³/mol. The van der Waals surface area contributed by atoms with E-state index in [2.05, 4.69) is 5.32 Å². The van der Waals surface area contributed by atoms with E-state index >= 15 is 0 Å². The Balaban J connectivity index is 1.80. The van der Waals surface area contributed by atoms with Crippen LogP contribution in [0.4, 0.5) is 9.18 Å². The molecule has 1 aliphatic heterocycles. The third kappa shape index (κ3) is 6.01. The van der Waals surface area contributed by atoms with E-state index < -0.39 is 39.1 Å². The van der Waals surface area contributed by atoms with Crippen LogP contribution in [0.2, 0.25) is 0 Å². The number of urea groups is 1. The Morgan fingerprint density at radius 2 is 2.00 bits per heavy atom. The predicted octanol–water partition coefficient (Wildman–Crippen LogP) is 1.76. The average Bonchev–Trinajstić information content (AvgIpc) is 2.91. The standard InChI is InChI=1S/C18H23FN2O6S/c1-12(13-5-6-15(19)14(9-13)17(23)24)11-28(26,27)8-4-2-3-7-21-10-16(22)20-18(21)25/h5-6,9,12H,2-4,7-8,10-11H2,1H3,(H,23,24)(H,20,22,25)/t12-/m0/s1. The maximum Gasteiger partial charge on any atom is 0.338 e. The van der Waals surface area contributed by atoms with Crippen LogP contribution < -0.4 is 5.32 Å². The molecule has 8 nitrogen and oxygen atoms in total. The molecule has 10 heteroatoms. The number of nitrogens with zero attached hydrogens (tertiary/aromatic N) is 1. The van der Waals surface area contributed by atoms with Gasteiger partial charge in [0.1, 0.15) is 12.4 Å². The molecule has 1 aliphatic rings. The highest BCUT2D eigenvalue weighted by Crippen LogP contribution is 2.21. The molecule has 0 spiro atoms. The van der Waals surface area contributed by atoms with E-state index in [1.165, 1.54) is 17.0 Å². The lowest BCUT2D eigenvalue weighted by Gasteiger charge is -2.14. The number of hydrogen-bond donors (Lipinski definition) is 2. The Morgan fingerprint density at radius 1 is 1.29 bits per heavy atom. The zero-order chi connectivity index (χ0) is 20.9. The largest absolute Gasteiger partial charge is 0.478 e. The lowest BCUT2D eigenvalue weighted by Crippen LogP contribution is -2.29. The van der Waals surface area contributed by atoms with Gasteiger partial charge in [0, 0.05) is 6.54 Å². The van der Waals surface area contributed by atoms with Gasteiger partial charge < -0.3 is 10.0 Å². The molecule has 28 heavy (non-hydrogen) atoms. The van der Waals surface area contributed by atoms with Gasteiger partial charge in [0.15, 0.2) is 9.84 Å². The molecular formula is C18H23FN2O6S. The summed E-state index contributed by atoms with van der Waals surface area (Å²) in [6.07, 6.45) is 1.60. The van der Waals surface area contributed by atoms with Crippen LogP contribution >= 0.6 is 0 Å². The molecule has 154 valence electrons. The van der Waals surface area contributed by atoms with Gasteiger partial charge in [-0.1, -0.05) is 19.4 Å². The second kappa shape index (κ2) is 9.13. The fourth-order valence-electron chi connectivity index (χ4n) is 3.04. The fraction of sp³-hybridized carbons (Fsp3) is 0.500. The van der Waals surface area contributed by atoms with Gasteiger partial charge in [0.05, 0.1) is 17.1 Å². The molecule has 1 aromatic carbocycles. The minimum atomic E-state index is -3.38. The summed E-state index contributed by atoms with van der Waals surface area (Å²) in [6, 6.07) is 3.16. The maximum absolute atomic E-state index is 13.5. The van der Waals surface area contributed by atoms with Crippen LogP contribution in [0.5, 0.6) is 0 Å². The number of benzene rings is 1. The summed E-state index contributed by atoms with van der Waals surface area (Å²) in [5.41, 5.74) is -0.0294. The summed E-state index contributed by atoms with van der Waals surface area (Å²) in [5, 5.41) is 11.2. The monoisotopic (exact) mass is 414 g/mol. The number of carboxylic acids is 1. The number of sulfone groups is 1. The number of aromatic carboxylic acids is 1. The number of nitrogens with one attached hydrogen (secondary N) is 1. The molecule has 0 aromatic heterocycles. The third-order valence-corrected chi connectivity index (χ3v) is 6.46. The van der Waals surface area contributed by atoms with Crippen LogP contribution in [0, 0.1) is 5.82 Å². The zero-order valence-electron chi connectivity index (χ0n) is 15.5. The Hall–Kier alpha value is -2.49. The maximum atomic E-state index is 13.5. The molecule has 0 radical (unpaired) electrons. The number of halogens is 1. The number of hydrogen-bond acceptors (Lipinski definition) is 5. The Morgan fingerprint density at radius 3 is 2.61 bits per heavy atom. The first-order chi connectivity index (χ1) is 13.1. The van der Waals surface area contributed by atoms with Crippen LogP contribution in [0.15, 0.2) is 18.2 Å². The highest BCUT2D eigenvalue weighted by molar-refractivity contribution is 7.91. The number of carboxylic acid groups (broad SMARTS) is 1. The summed E-state index contributed by atoms with van der Waals surface area (Å²) in [6.45, 7) is 2.08. The van der Waals surface area contributed by atoms with Crippen LogP contribution in [0.25, 0.3) is 0 Å². The molecule has 3 amide bonds. The number of imide groups is 1. The van der Waals surface area contributed by atoms with Crippen molar-refractivity contribution in [3.05, 3.63) is 35.1 Å². The first kappa shape index (κ1) is 21.8. The second-order valence-electron chi connectivity index (χ2n) is 6.90. The van der Waals surface area contributed by atoms with Crippen LogP contribution in [-0.4, -0.2) is 60.9 Å². The van der Waals surface area contributed by atoms with Gasteiger partial charge in [-0.05, 0) is 36.5 Å². The van der Waals surface area contributed by atoms with E-state index in [0.717, 1.165) is 6.07 Å². The molecule has 0 bridgehead atoms. The summed E-state index contributed by atoms with van der Waals surface area (Å²) >= 11 is 0. The number of rotatable bonds is 10. The van der Waals surface area contributed by atoms with E-state index in [0.29, 0.717) is 31.4 Å². The Kier molecular flexibility index (Phi) is 7.11. The fourth-order valence-corrected chi connectivity index (χ4v) is 4.80. The molecule has 0 saturated carbocycles. The third-order valence-electron chi connectivity index (χ3n) is 4.55. The molecule has 2 rings (SSSR count). The van der Waals surface area contributed by atoms with E-state index in [-0.39, 0.29) is 24.0 Å². The number of carbonyl (C=O) groups is 3. The molecular weight excluding hydrogens is 391 g/mol. The van der Waals surface area contributed by atoms with E-state index in [9.17, 15) is 27.2 Å². The van der Waals surface area contributed by atoms with Crippen LogP contribution in [0.1, 0.15) is 48.0 Å². The van der Waals surface area contributed by atoms with Crippen molar-refractivity contribution in [3.8, 4) is 0 Å². The van der Waals surface area contributed by atoms with Crippen LogP contribution in [-0.2, 0) is 14.6 Å². The van der Waals surface area contributed by atoms with Gasteiger partial charge in [0.25, 0.3) is 0 Å². The molecule has 2 N–H and O–H groups in total. The van der Waals surface area contributed by atoms with Gasteiger partial charge in [-0.15, -0.1) is 0 Å². The quantitative estimate of drug-likeness (QED) is 0.445. The highest BCUT2D eigenvalue weighted by atomic mass is 32.2. The average molecular weight is 414 g/mol. The lowest BCUT2D eigenvalue weighted by atomic mass is 10.0. The summed E-state index contributed by atoms with van der Waals surface area (Å²) < 4.78 is 38.1. The number of carbonyl (C=O) groups excluding carboxylic acids is 2. The summed E-state index contributed by atoms with van der Waals surface area (Å²) in [7, 11) is -3.38. The van der Waals surface area contributed by atoms with E-state index in [1.807, 2.05) is 0 Å². The zero-order valence-corrected chi connectivity index (χ0v) is 16.3. The minimum Gasteiger partial charge on any atom is -0.478 e. The van der Waals surface area contributed by atoms with Gasteiger partial charge in [0.2, 0.25) is 5.91 Å². The van der Waals surface area contributed by atoms with Crippen molar-refractivity contribution in [1.29, 1.82) is 0 Å². The smallest absolute Gasteiger partial charge is 0.338 e. The summed E-state index contributed by atoms with van der Waals surface area (Å²) in [4.78, 5) is 34.9. The summed E-state index contributed by atoms with van der Waals surface area (Å²) in [5.74, 6) is -3.27. The van der Waals surface area contributed by atoms with Gasteiger partial charge >= 0.3 is 12.0 Å². The van der Waals surface area contributed by atoms with Gasteiger partial charge in [-0.3, -0.25) is 10.1 Å². The van der Waals surface area contributed by atoms with Gasteiger partial charge in [-0.25, -0.2) is 22.4 Å². The van der Waals surface area contributed by atoms with Crippen LogP contribution in [0.3, 0.4) is 0 Å². The number of amides is 3. The molecule has 1 heterocycles. The van der Waals surface area contributed by atoms with Gasteiger partial charge in [-0.2, -0.15) is 0 Å². The second-order valence-corrected chi connectivity index (χ2v) is 9.12. The van der Waals surface area contributed by atoms with Crippen molar-refractivity contribution in [3.63, 3.8) is 0 Å². The van der Waals surface area contributed by atoms with Crippen molar-refractivity contribution >= 4 is 27.7 Å². The van der Waals surface area contributed by atoms with E-state index in [4.69, 9.17) is 5.11 Å². The highest BCUT2D eigenvalue weighted by Gasteiger charge is 2.25. The topological polar surface area (TPSA) is 121 Å². The first-order valence-electron chi connectivity index (χ1n) is 8.91. The normalized spacial score (nSPS) is 15.6. The minimum absolute atomic E-state index is 0.0323. The molecule has 0 aliphatic carbocycles. The van der Waals surface area contributed by atoms with Crippen molar-refractivity contribution in [1.82, 2.24) is 10.2 Å². The number of unbranched alkanes of at least 4 members (excludes halogenated alkanes) is 2. The van der Waals surface area contributed by atoms with E-state index in [1.54, 1.807) is 6.92 Å². The van der Waals surface area contributed by atoms with Crippen molar-refractivity contribution in [2.75, 3.05) is 24.6 Å². The van der Waals surface area contributed by atoms with Crippen molar-refractivity contribution < 1.29 is 32.3 Å².